The number of amides is 1. The summed E-state index contributed by atoms with van der Waals surface area (Å²) in [7, 11) is 1.61. The Balaban J connectivity index is 2.08. The van der Waals surface area contributed by atoms with E-state index in [9.17, 15) is 9.59 Å². The third kappa shape index (κ3) is 3.92. The molecule has 0 aromatic heterocycles. The first kappa shape index (κ1) is 15.3. The Morgan fingerprint density at radius 2 is 1.76 bits per heavy atom. The second kappa shape index (κ2) is 6.55. The maximum absolute atomic E-state index is 12.2. The molecule has 0 heterocycles. The summed E-state index contributed by atoms with van der Waals surface area (Å²) in [4.78, 5) is 25.7. The van der Waals surface area contributed by atoms with Gasteiger partial charge in [-0.1, -0.05) is 53.6 Å². The van der Waals surface area contributed by atoms with Crippen LogP contribution in [0.1, 0.15) is 21.5 Å². The monoisotopic (exact) mass is 301 g/mol. The largest absolute Gasteiger partial charge is 0.335 e. The molecule has 0 fully saturated rings. The van der Waals surface area contributed by atoms with Crippen LogP contribution in [0.5, 0.6) is 0 Å². The van der Waals surface area contributed by atoms with E-state index in [0.29, 0.717) is 17.1 Å². The number of nitrogens with zero attached hydrogens (tertiary/aromatic N) is 1. The minimum absolute atomic E-state index is 0.344. The van der Waals surface area contributed by atoms with Crippen LogP contribution in [0.15, 0.2) is 48.5 Å². The summed E-state index contributed by atoms with van der Waals surface area (Å²) in [5, 5.41) is 0.609. The summed E-state index contributed by atoms with van der Waals surface area (Å²) in [6.45, 7) is 2.28. The number of carbonyl (C=O) groups excluding carboxylic acids is 2. The molecule has 0 aliphatic rings. The van der Waals surface area contributed by atoms with Crippen molar-refractivity contribution >= 4 is 23.3 Å². The highest BCUT2D eigenvalue weighted by molar-refractivity contribution is 6.42. The summed E-state index contributed by atoms with van der Waals surface area (Å²) in [5.41, 5.74) is 2.34. The molecule has 0 spiro atoms. The third-order valence-electron chi connectivity index (χ3n) is 3.16. The van der Waals surface area contributed by atoms with E-state index in [4.69, 9.17) is 11.6 Å². The van der Waals surface area contributed by atoms with Crippen molar-refractivity contribution in [1.29, 1.82) is 0 Å². The standard InChI is InChI=1S/C17H16ClNO2/c1-12-6-8-14(9-7-12)16(20)17(21)19(2)11-13-4-3-5-15(18)10-13/h3-10H,11H2,1-2H3. The molecule has 0 saturated carbocycles. The summed E-state index contributed by atoms with van der Waals surface area (Å²) >= 11 is 5.91. The highest BCUT2D eigenvalue weighted by Gasteiger charge is 2.20. The highest BCUT2D eigenvalue weighted by Crippen LogP contribution is 2.13. The molecule has 2 rings (SSSR count). The number of likely N-dealkylation sites (N-methyl/N-ethyl adjacent to an activating group) is 1. The molecule has 0 aliphatic carbocycles. The fraction of sp³-hybridized carbons (Fsp3) is 0.176. The van der Waals surface area contributed by atoms with Gasteiger partial charge in [0.25, 0.3) is 5.91 Å². The van der Waals surface area contributed by atoms with Crippen molar-refractivity contribution in [3.05, 3.63) is 70.2 Å². The van der Waals surface area contributed by atoms with Crippen molar-refractivity contribution < 1.29 is 9.59 Å². The molecule has 1 amide bonds. The van der Waals surface area contributed by atoms with E-state index in [-0.39, 0.29) is 0 Å². The van der Waals surface area contributed by atoms with Gasteiger partial charge < -0.3 is 4.90 Å². The van der Waals surface area contributed by atoms with E-state index in [1.165, 1.54) is 4.90 Å². The molecule has 108 valence electrons. The SMILES string of the molecule is Cc1ccc(C(=O)C(=O)N(C)Cc2cccc(Cl)c2)cc1. The zero-order valence-corrected chi connectivity index (χ0v) is 12.7. The van der Waals surface area contributed by atoms with Gasteiger partial charge in [-0.15, -0.1) is 0 Å². The van der Waals surface area contributed by atoms with Crippen LogP contribution >= 0.6 is 11.6 Å². The quantitative estimate of drug-likeness (QED) is 0.640. The minimum atomic E-state index is -0.529. The fourth-order valence-electron chi connectivity index (χ4n) is 1.98. The average Bonchev–Trinajstić information content (AvgIpc) is 2.46. The summed E-state index contributed by atoms with van der Waals surface area (Å²) < 4.78 is 0. The number of carbonyl (C=O) groups is 2. The molecule has 0 atom stereocenters. The first-order valence-electron chi connectivity index (χ1n) is 6.58. The molecule has 2 aromatic carbocycles. The van der Waals surface area contributed by atoms with Gasteiger partial charge in [0.15, 0.2) is 0 Å². The van der Waals surface area contributed by atoms with E-state index in [1.54, 1.807) is 31.3 Å². The Bertz CT molecular complexity index is 665. The van der Waals surface area contributed by atoms with Gasteiger partial charge in [0.2, 0.25) is 5.78 Å². The molecular weight excluding hydrogens is 286 g/mol. The molecule has 2 aromatic rings. The van der Waals surface area contributed by atoms with Crippen molar-refractivity contribution in [2.24, 2.45) is 0 Å². The number of hydrogen-bond donors (Lipinski definition) is 0. The molecule has 0 saturated heterocycles. The van der Waals surface area contributed by atoms with Gasteiger partial charge in [-0.2, -0.15) is 0 Å². The number of benzene rings is 2. The van der Waals surface area contributed by atoms with Crippen LogP contribution in [0.2, 0.25) is 5.02 Å². The zero-order chi connectivity index (χ0) is 15.4. The minimum Gasteiger partial charge on any atom is -0.335 e. The Morgan fingerprint density at radius 3 is 2.38 bits per heavy atom. The first-order valence-corrected chi connectivity index (χ1v) is 6.96. The lowest BCUT2D eigenvalue weighted by atomic mass is 10.1. The number of ketones is 1. The fourth-order valence-corrected chi connectivity index (χ4v) is 2.20. The van der Waals surface area contributed by atoms with Gasteiger partial charge in [-0.05, 0) is 24.6 Å². The van der Waals surface area contributed by atoms with Gasteiger partial charge in [-0.3, -0.25) is 9.59 Å². The lowest BCUT2D eigenvalue weighted by molar-refractivity contribution is -0.125. The summed E-state index contributed by atoms with van der Waals surface area (Å²) in [6.07, 6.45) is 0. The van der Waals surface area contributed by atoms with Crippen LogP contribution in [-0.2, 0) is 11.3 Å². The van der Waals surface area contributed by atoms with Gasteiger partial charge in [0, 0.05) is 24.2 Å². The second-order valence-corrected chi connectivity index (χ2v) is 5.42. The third-order valence-corrected chi connectivity index (χ3v) is 3.40. The smallest absolute Gasteiger partial charge is 0.294 e. The maximum atomic E-state index is 12.2. The predicted octanol–water partition coefficient (Wildman–Crippen LogP) is 3.49. The van der Waals surface area contributed by atoms with Crippen molar-refractivity contribution in [2.75, 3.05) is 7.05 Å². The molecule has 0 radical (unpaired) electrons. The van der Waals surface area contributed by atoms with Gasteiger partial charge in [0.1, 0.15) is 0 Å². The number of hydrogen-bond acceptors (Lipinski definition) is 2. The van der Waals surface area contributed by atoms with Crippen molar-refractivity contribution in [1.82, 2.24) is 4.90 Å². The highest BCUT2D eigenvalue weighted by atomic mass is 35.5. The number of rotatable bonds is 4. The van der Waals surface area contributed by atoms with Crippen LogP contribution < -0.4 is 0 Å². The van der Waals surface area contributed by atoms with E-state index in [0.717, 1.165) is 11.1 Å². The number of Topliss-reactive ketones (excluding diaryl/α,β-unsaturated/α-hetero) is 1. The lowest BCUT2D eigenvalue weighted by Crippen LogP contribution is -2.32. The normalized spacial score (nSPS) is 10.2. The molecule has 0 N–H and O–H groups in total. The van der Waals surface area contributed by atoms with E-state index in [1.807, 2.05) is 31.2 Å². The zero-order valence-electron chi connectivity index (χ0n) is 12.0. The molecule has 3 nitrogen and oxygen atoms in total. The van der Waals surface area contributed by atoms with Gasteiger partial charge in [0.05, 0.1) is 0 Å². The van der Waals surface area contributed by atoms with E-state index >= 15 is 0 Å². The summed E-state index contributed by atoms with van der Waals surface area (Å²) in [5.74, 6) is -1.03. The van der Waals surface area contributed by atoms with Crippen LogP contribution in [0.3, 0.4) is 0 Å². The van der Waals surface area contributed by atoms with E-state index in [2.05, 4.69) is 0 Å². The Hall–Kier alpha value is -2.13. The average molecular weight is 302 g/mol. The molecule has 4 heteroatoms. The molecule has 0 unspecified atom stereocenters. The van der Waals surface area contributed by atoms with Crippen LogP contribution in [0.4, 0.5) is 0 Å². The Morgan fingerprint density at radius 1 is 1.10 bits per heavy atom. The lowest BCUT2D eigenvalue weighted by Gasteiger charge is -2.16. The van der Waals surface area contributed by atoms with Gasteiger partial charge in [-0.25, -0.2) is 0 Å². The molecule has 21 heavy (non-hydrogen) atoms. The number of aryl methyl sites for hydroxylation is 1. The Labute approximate surface area is 129 Å². The van der Waals surface area contributed by atoms with Gasteiger partial charge >= 0.3 is 0 Å². The van der Waals surface area contributed by atoms with E-state index < -0.39 is 11.7 Å². The van der Waals surface area contributed by atoms with Crippen LogP contribution in [-0.4, -0.2) is 23.6 Å². The van der Waals surface area contributed by atoms with Crippen LogP contribution in [0, 0.1) is 6.92 Å². The van der Waals surface area contributed by atoms with Crippen molar-refractivity contribution in [3.8, 4) is 0 Å². The summed E-state index contributed by atoms with van der Waals surface area (Å²) in [6, 6.07) is 14.2. The first-order chi connectivity index (χ1) is 9.97. The topological polar surface area (TPSA) is 37.4 Å². The molecule has 0 bridgehead atoms. The van der Waals surface area contributed by atoms with Crippen molar-refractivity contribution in [2.45, 2.75) is 13.5 Å². The maximum Gasteiger partial charge on any atom is 0.294 e. The second-order valence-electron chi connectivity index (χ2n) is 4.99. The molecule has 0 aliphatic heterocycles. The van der Waals surface area contributed by atoms with Crippen LogP contribution in [0.25, 0.3) is 0 Å². The Kier molecular flexibility index (Phi) is 4.76. The van der Waals surface area contributed by atoms with Crippen molar-refractivity contribution in [3.63, 3.8) is 0 Å². The number of halogens is 1. The predicted molar refractivity (Wildman–Crippen MR) is 83.4 cm³/mol. The molecular formula is C17H16ClNO2.